The molecule has 1 atom stereocenters. The van der Waals surface area contributed by atoms with Gasteiger partial charge in [-0.1, -0.05) is 12.1 Å². The standard InChI is InChI=1S/C16H15FN4O4/c1-8-19-10-4-2-3-9(7-18-16(17)25)13(10)15(24)21(8)11-5-6-12(22)20-14(11)23/h2-4,11H,5-7H2,1H3,(H,18,25)(H,20,22,23)/t11-/m0/s1. The van der Waals surface area contributed by atoms with Crippen LogP contribution in [0.3, 0.4) is 0 Å². The summed E-state index contributed by atoms with van der Waals surface area (Å²) in [6.07, 6.45) is -1.38. The van der Waals surface area contributed by atoms with Gasteiger partial charge in [-0.15, -0.1) is 4.39 Å². The van der Waals surface area contributed by atoms with Crippen molar-refractivity contribution in [3.05, 3.63) is 39.9 Å². The third kappa shape index (κ3) is 3.12. The number of hydrogen-bond donors (Lipinski definition) is 2. The first kappa shape index (κ1) is 16.7. The zero-order valence-electron chi connectivity index (χ0n) is 13.3. The van der Waals surface area contributed by atoms with E-state index < -0.39 is 23.7 Å². The highest BCUT2D eigenvalue weighted by Gasteiger charge is 2.30. The maximum absolute atomic E-state index is 13.0. The molecule has 1 aromatic heterocycles. The molecule has 9 heteroatoms. The summed E-state index contributed by atoms with van der Waals surface area (Å²) >= 11 is 0. The van der Waals surface area contributed by atoms with Crippen LogP contribution in [0.15, 0.2) is 23.0 Å². The van der Waals surface area contributed by atoms with E-state index in [-0.39, 0.29) is 30.7 Å². The van der Waals surface area contributed by atoms with Crippen LogP contribution in [0.4, 0.5) is 9.18 Å². The van der Waals surface area contributed by atoms with Crippen LogP contribution in [0.25, 0.3) is 10.9 Å². The van der Waals surface area contributed by atoms with Gasteiger partial charge in [0.15, 0.2) is 0 Å². The fraction of sp³-hybridized carbons (Fsp3) is 0.312. The van der Waals surface area contributed by atoms with E-state index in [4.69, 9.17) is 0 Å². The summed E-state index contributed by atoms with van der Waals surface area (Å²) in [6, 6.07) is 4.00. The van der Waals surface area contributed by atoms with Crippen molar-refractivity contribution in [2.75, 3.05) is 0 Å². The normalized spacial score (nSPS) is 17.4. The Morgan fingerprint density at radius 2 is 2.16 bits per heavy atom. The molecule has 3 rings (SSSR count). The molecule has 0 aliphatic carbocycles. The van der Waals surface area contributed by atoms with Crippen molar-refractivity contribution >= 4 is 28.9 Å². The van der Waals surface area contributed by atoms with Crippen molar-refractivity contribution in [2.45, 2.75) is 32.4 Å². The molecule has 1 aromatic carbocycles. The number of benzene rings is 1. The number of rotatable bonds is 3. The van der Waals surface area contributed by atoms with Gasteiger partial charge in [0, 0.05) is 13.0 Å². The van der Waals surface area contributed by atoms with Crippen LogP contribution in [0, 0.1) is 6.92 Å². The Balaban J connectivity index is 2.15. The van der Waals surface area contributed by atoms with Gasteiger partial charge in [-0.2, -0.15) is 0 Å². The number of aryl methyl sites for hydroxylation is 1. The van der Waals surface area contributed by atoms with Crippen molar-refractivity contribution in [1.82, 2.24) is 20.2 Å². The summed E-state index contributed by atoms with van der Waals surface area (Å²) in [5.41, 5.74) is 0.305. The lowest BCUT2D eigenvalue weighted by molar-refractivity contribution is -0.135. The monoisotopic (exact) mass is 346 g/mol. The quantitative estimate of drug-likeness (QED) is 0.487. The number of imide groups is 1. The summed E-state index contributed by atoms with van der Waals surface area (Å²) < 4.78 is 13.7. The molecule has 2 N–H and O–H groups in total. The fourth-order valence-electron chi connectivity index (χ4n) is 3.03. The second kappa shape index (κ2) is 6.42. The highest BCUT2D eigenvalue weighted by Crippen LogP contribution is 2.21. The van der Waals surface area contributed by atoms with E-state index in [9.17, 15) is 23.6 Å². The summed E-state index contributed by atoms with van der Waals surface area (Å²) in [4.78, 5) is 51.3. The number of hydrogen-bond acceptors (Lipinski definition) is 5. The fourth-order valence-corrected chi connectivity index (χ4v) is 3.03. The number of carbonyl (C=O) groups is 3. The van der Waals surface area contributed by atoms with E-state index in [1.54, 1.807) is 25.1 Å². The van der Waals surface area contributed by atoms with Crippen molar-refractivity contribution in [3.8, 4) is 0 Å². The molecule has 1 aliphatic heterocycles. The number of nitrogens with zero attached hydrogens (tertiary/aromatic N) is 2. The topological polar surface area (TPSA) is 110 Å². The molecule has 0 saturated carbocycles. The second-order valence-electron chi connectivity index (χ2n) is 5.74. The van der Waals surface area contributed by atoms with Gasteiger partial charge >= 0.3 is 6.16 Å². The van der Waals surface area contributed by atoms with E-state index in [1.165, 1.54) is 4.57 Å². The minimum Gasteiger partial charge on any atom is -0.324 e. The van der Waals surface area contributed by atoms with Gasteiger partial charge in [0.2, 0.25) is 11.8 Å². The number of amides is 3. The Hall–Kier alpha value is -3.10. The molecular weight excluding hydrogens is 331 g/mol. The molecule has 2 heterocycles. The van der Waals surface area contributed by atoms with Gasteiger partial charge in [-0.25, -0.2) is 9.78 Å². The summed E-state index contributed by atoms with van der Waals surface area (Å²) in [6.45, 7) is 1.42. The SMILES string of the molecule is Cc1nc2cccc(CNC(=O)F)c2c(=O)n1[C@H]1CCC(=O)NC1=O. The lowest BCUT2D eigenvalue weighted by Gasteiger charge is -2.24. The Morgan fingerprint density at radius 3 is 2.84 bits per heavy atom. The number of nitrogens with one attached hydrogen (secondary N) is 2. The van der Waals surface area contributed by atoms with Gasteiger partial charge in [-0.05, 0) is 25.0 Å². The predicted molar refractivity (Wildman–Crippen MR) is 85.5 cm³/mol. The third-order valence-corrected chi connectivity index (χ3v) is 4.13. The molecule has 0 unspecified atom stereocenters. The van der Waals surface area contributed by atoms with Crippen molar-refractivity contribution in [2.24, 2.45) is 0 Å². The van der Waals surface area contributed by atoms with Crippen LogP contribution < -0.4 is 16.2 Å². The van der Waals surface area contributed by atoms with Crippen LogP contribution >= 0.6 is 0 Å². The van der Waals surface area contributed by atoms with Crippen molar-refractivity contribution in [1.29, 1.82) is 0 Å². The maximum atomic E-state index is 13.0. The molecule has 3 amide bonds. The number of piperidine rings is 1. The molecule has 0 spiro atoms. The van der Waals surface area contributed by atoms with Gasteiger partial charge in [0.1, 0.15) is 11.9 Å². The van der Waals surface area contributed by atoms with E-state index in [1.807, 2.05) is 5.32 Å². The molecule has 8 nitrogen and oxygen atoms in total. The molecule has 130 valence electrons. The molecule has 1 aliphatic rings. The summed E-state index contributed by atoms with van der Waals surface area (Å²) in [5.74, 6) is -0.608. The first-order valence-electron chi connectivity index (χ1n) is 7.66. The van der Waals surface area contributed by atoms with Crippen LogP contribution in [-0.4, -0.2) is 27.5 Å². The first-order valence-corrected chi connectivity index (χ1v) is 7.66. The Bertz CT molecular complexity index is 953. The molecular formula is C16H15FN4O4. The van der Waals surface area contributed by atoms with Crippen LogP contribution in [-0.2, 0) is 16.1 Å². The molecule has 1 saturated heterocycles. The molecule has 1 fully saturated rings. The average Bonchev–Trinajstić information content (AvgIpc) is 2.54. The minimum atomic E-state index is -1.71. The highest BCUT2D eigenvalue weighted by molar-refractivity contribution is 5.99. The van der Waals surface area contributed by atoms with Crippen molar-refractivity contribution in [3.63, 3.8) is 0 Å². The number of aromatic nitrogens is 2. The van der Waals surface area contributed by atoms with Gasteiger partial charge < -0.3 is 5.32 Å². The predicted octanol–water partition coefficient (Wildman–Crippen LogP) is 0.862. The second-order valence-corrected chi connectivity index (χ2v) is 5.74. The molecule has 0 bridgehead atoms. The zero-order valence-corrected chi connectivity index (χ0v) is 13.3. The average molecular weight is 346 g/mol. The van der Waals surface area contributed by atoms with Crippen LogP contribution in [0.1, 0.15) is 30.3 Å². The first-order chi connectivity index (χ1) is 11.9. The highest BCUT2D eigenvalue weighted by atomic mass is 19.1. The van der Waals surface area contributed by atoms with E-state index >= 15 is 0 Å². The van der Waals surface area contributed by atoms with Crippen LogP contribution in [0.5, 0.6) is 0 Å². The lowest BCUT2D eigenvalue weighted by atomic mass is 10.0. The number of halogens is 1. The van der Waals surface area contributed by atoms with E-state index in [2.05, 4.69) is 10.3 Å². The Morgan fingerprint density at radius 1 is 1.40 bits per heavy atom. The van der Waals surface area contributed by atoms with Gasteiger partial charge in [0.05, 0.1) is 10.9 Å². The van der Waals surface area contributed by atoms with Gasteiger partial charge in [0.25, 0.3) is 5.56 Å². The smallest absolute Gasteiger partial charge is 0.324 e. The van der Waals surface area contributed by atoms with E-state index in [0.717, 1.165) is 0 Å². The minimum absolute atomic E-state index is 0.125. The zero-order chi connectivity index (χ0) is 18.1. The third-order valence-electron chi connectivity index (χ3n) is 4.13. The number of fused-ring (bicyclic) bond motifs is 1. The Labute approximate surface area is 141 Å². The molecule has 25 heavy (non-hydrogen) atoms. The molecule has 0 radical (unpaired) electrons. The molecule has 2 aromatic rings. The van der Waals surface area contributed by atoms with Gasteiger partial charge in [-0.3, -0.25) is 24.3 Å². The summed E-state index contributed by atoms with van der Waals surface area (Å²) in [5, 5.41) is 4.42. The summed E-state index contributed by atoms with van der Waals surface area (Å²) in [7, 11) is 0. The number of carbonyl (C=O) groups excluding carboxylic acids is 3. The maximum Gasteiger partial charge on any atom is 0.397 e. The van der Waals surface area contributed by atoms with Crippen molar-refractivity contribution < 1.29 is 18.8 Å². The Kier molecular flexibility index (Phi) is 4.30. The largest absolute Gasteiger partial charge is 0.397 e. The van der Waals surface area contributed by atoms with Crippen LogP contribution in [0.2, 0.25) is 0 Å². The van der Waals surface area contributed by atoms with E-state index in [0.29, 0.717) is 16.9 Å². The lowest BCUT2D eigenvalue weighted by Crippen LogP contribution is -2.45.